The molecule has 1 aromatic rings. The largest absolute Gasteiger partial charge is 0.309 e. The molecule has 2 nitrogen and oxygen atoms in total. The molecule has 0 saturated heterocycles. The molecule has 0 aliphatic rings. The Balaban J connectivity index is 2.62. The molecule has 0 spiro atoms. The third kappa shape index (κ3) is 3.72. The third-order valence-electron chi connectivity index (χ3n) is 2.95. The Bertz CT molecular complexity index is 376. The van der Waals surface area contributed by atoms with Gasteiger partial charge in [-0.1, -0.05) is 18.2 Å². The molecule has 0 heterocycles. The molecule has 0 aliphatic carbocycles. The van der Waals surface area contributed by atoms with E-state index in [2.05, 4.69) is 44.3 Å². The Kier molecular flexibility index (Phi) is 5.16. The minimum atomic E-state index is -0.711. The first-order valence-corrected chi connectivity index (χ1v) is 7.34. The van der Waals surface area contributed by atoms with Gasteiger partial charge in [-0.3, -0.25) is 4.21 Å². The van der Waals surface area contributed by atoms with Crippen molar-refractivity contribution in [2.24, 2.45) is 0 Å². The quantitative estimate of drug-likeness (QED) is 0.854. The summed E-state index contributed by atoms with van der Waals surface area (Å²) < 4.78 is 11.0. The number of benzene rings is 1. The first kappa shape index (κ1) is 13.4. The number of hydrogen-bond donors (Lipinski definition) is 1. The highest BCUT2D eigenvalue weighted by Crippen LogP contribution is 2.19. The molecule has 0 amide bonds. The summed E-state index contributed by atoms with van der Waals surface area (Å²) >= 11 is 0. The molecular formula is C13H21NOS. The van der Waals surface area contributed by atoms with Crippen LogP contribution in [0, 0.1) is 13.8 Å². The lowest BCUT2D eigenvalue weighted by Crippen LogP contribution is -2.24. The fourth-order valence-electron chi connectivity index (χ4n) is 1.77. The average molecular weight is 239 g/mol. The molecule has 0 aliphatic heterocycles. The van der Waals surface area contributed by atoms with Crippen LogP contribution in [0.25, 0.3) is 0 Å². The van der Waals surface area contributed by atoms with Gasteiger partial charge in [0, 0.05) is 35.4 Å². The number of rotatable bonds is 5. The van der Waals surface area contributed by atoms with E-state index < -0.39 is 10.8 Å². The van der Waals surface area contributed by atoms with E-state index >= 15 is 0 Å². The highest BCUT2D eigenvalue weighted by molar-refractivity contribution is 7.84. The maximum atomic E-state index is 11.0. The fraction of sp³-hybridized carbons (Fsp3) is 0.538. The van der Waals surface area contributed by atoms with Crippen LogP contribution < -0.4 is 5.32 Å². The summed E-state index contributed by atoms with van der Waals surface area (Å²) in [6.07, 6.45) is 1.74. The first-order valence-electron chi connectivity index (χ1n) is 5.62. The van der Waals surface area contributed by atoms with E-state index in [9.17, 15) is 4.21 Å². The minimum absolute atomic E-state index is 0.323. The van der Waals surface area contributed by atoms with E-state index in [1.807, 2.05) is 0 Å². The van der Waals surface area contributed by atoms with Gasteiger partial charge in [-0.25, -0.2) is 0 Å². The molecule has 2 atom stereocenters. The topological polar surface area (TPSA) is 29.1 Å². The zero-order valence-corrected chi connectivity index (χ0v) is 11.4. The summed E-state index contributed by atoms with van der Waals surface area (Å²) in [6, 6.07) is 6.70. The lowest BCUT2D eigenvalue weighted by molar-refractivity contribution is 0.594. The van der Waals surface area contributed by atoms with Crippen LogP contribution >= 0.6 is 0 Å². The van der Waals surface area contributed by atoms with Crippen molar-refractivity contribution in [2.45, 2.75) is 26.8 Å². The lowest BCUT2D eigenvalue weighted by atomic mass is 9.98. The van der Waals surface area contributed by atoms with Crippen molar-refractivity contribution in [1.29, 1.82) is 0 Å². The highest BCUT2D eigenvalue weighted by atomic mass is 32.2. The van der Waals surface area contributed by atoms with E-state index in [1.165, 1.54) is 16.7 Å². The Hall–Kier alpha value is -0.670. The molecule has 0 aromatic heterocycles. The van der Waals surface area contributed by atoms with Crippen LogP contribution in [0.15, 0.2) is 18.2 Å². The number of hydrogen-bond acceptors (Lipinski definition) is 2. The molecular weight excluding hydrogens is 218 g/mol. The second kappa shape index (κ2) is 6.16. The van der Waals surface area contributed by atoms with Crippen LogP contribution in [0.3, 0.4) is 0 Å². The van der Waals surface area contributed by atoms with Gasteiger partial charge in [0.05, 0.1) is 0 Å². The number of nitrogens with one attached hydrogen (secondary N) is 1. The van der Waals surface area contributed by atoms with E-state index in [0.29, 0.717) is 6.04 Å². The van der Waals surface area contributed by atoms with Gasteiger partial charge >= 0.3 is 0 Å². The first-order chi connectivity index (χ1) is 7.52. The van der Waals surface area contributed by atoms with Crippen LogP contribution in [-0.4, -0.2) is 22.8 Å². The number of aryl methyl sites for hydroxylation is 1. The van der Waals surface area contributed by atoms with Gasteiger partial charge in [-0.2, -0.15) is 0 Å². The van der Waals surface area contributed by atoms with Crippen molar-refractivity contribution in [3.8, 4) is 0 Å². The molecule has 1 aromatic carbocycles. The summed E-state index contributed by atoms with van der Waals surface area (Å²) in [5.41, 5.74) is 4.01. The highest BCUT2D eigenvalue weighted by Gasteiger charge is 2.08. The average Bonchev–Trinajstić information content (AvgIpc) is 2.21. The van der Waals surface area contributed by atoms with Crippen molar-refractivity contribution < 1.29 is 4.21 Å². The van der Waals surface area contributed by atoms with Gasteiger partial charge in [0.15, 0.2) is 0 Å². The zero-order valence-electron chi connectivity index (χ0n) is 10.5. The van der Waals surface area contributed by atoms with E-state index in [-0.39, 0.29) is 0 Å². The van der Waals surface area contributed by atoms with Gasteiger partial charge in [0.25, 0.3) is 0 Å². The zero-order chi connectivity index (χ0) is 12.1. The smallest absolute Gasteiger partial charge is 0.0357 e. The SMILES string of the molecule is Cc1cccc(C(C)NCCS(C)=O)c1C. The Labute approximate surface area is 101 Å². The van der Waals surface area contributed by atoms with Gasteiger partial charge in [0.1, 0.15) is 0 Å². The van der Waals surface area contributed by atoms with Crippen molar-refractivity contribution in [3.63, 3.8) is 0 Å². The van der Waals surface area contributed by atoms with E-state index in [4.69, 9.17) is 0 Å². The predicted molar refractivity (Wildman–Crippen MR) is 71.3 cm³/mol. The molecule has 3 heteroatoms. The predicted octanol–water partition coefficient (Wildman–Crippen LogP) is 2.33. The molecule has 0 radical (unpaired) electrons. The van der Waals surface area contributed by atoms with Crippen LogP contribution in [0.2, 0.25) is 0 Å². The normalized spacial score (nSPS) is 14.8. The van der Waals surface area contributed by atoms with Crippen LogP contribution in [0.1, 0.15) is 29.7 Å². The summed E-state index contributed by atoms with van der Waals surface area (Å²) in [7, 11) is -0.711. The van der Waals surface area contributed by atoms with Gasteiger partial charge in [-0.05, 0) is 37.5 Å². The van der Waals surface area contributed by atoms with Gasteiger partial charge in [0.2, 0.25) is 0 Å². The Morgan fingerprint density at radius 1 is 1.38 bits per heavy atom. The molecule has 0 bridgehead atoms. The second-order valence-corrected chi connectivity index (χ2v) is 5.80. The van der Waals surface area contributed by atoms with Crippen LogP contribution in [-0.2, 0) is 10.8 Å². The molecule has 90 valence electrons. The van der Waals surface area contributed by atoms with Crippen LogP contribution in [0.5, 0.6) is 0 Å². The summed E-state index contributed by atoms with van der Waals surface area (Å²) in [6.45, 7) is 7.24. The van der Waals surface area contributed by atoms with Gasteiger partial charge < -0.3 is 5.32 Å². The van der Waals surface area contributed by atoms with Crippen molar-refractivity contribution in [2.75, 3.05) is 18.6 Å². The summed E-state index contributed by atoms with van der Waals surface area (Å²) in [5.74, 6) is 0.717. The monoisotopic (exact) mass is 239 g/mol. The maximum absolute atomic E-state index is 11.0. The second-order valence-electron chi connectivity index (χ2n) is 4.24. The van der Waals surface area contributed by atoms with Crippen LogP contribution in [0.4, 0.5) is 0 Å². The standard InChI is InChI=1S/C13H21NOS/c1-10-6-5-7-13(11(10)2)12(3)14-8-9-16(4)15/h5-7,12,14H,8-9H2,1-4H3. The molecule has 1 N–H and O–H groups in total. The lowest BCUT2D eigenvalue weighted by Gasteiger charge is -2.17. The summed E-state index contributed by atoms with van der Waals surface area (Å²) in [5, 5.41) is 3.41. The molecule has 0 fully saturated rings. The van der Waals surface area contributed by atoms with E-state index in [0.717, 1.165) is 12.3 Å². The van der Waals surface area contributed by atoms with Crippen molar-refractivity contribution in [1.82, 2.24) is 5.32 Å². The maximum Gasteiger partial charge on any atom is 0.0357 e. The molecule has 0 saturated carbocycles. The van der Waals surface area contributed by atoms with Gasteiger partial charge in [-0.15, -0.1) is 0 Å². The Morgan fingerprint density at radius 3 is 2.69 bits per heavy atom. The van der Waals surface area contributed by atoms with E-state index in [1.54, 1.807) is 6.26 Å². The minimum Gasteiger partial charge on any atom is -0.309 e. The fourth-order valence-corrected chi connectivity index (χ4v) is 2.18. The molecule has 1 rings (SSSR count). The molecule has 16 heavy (non-hydrogen) atoms. The Morgan fingerprint density at radius 2 is 2.06 bits per heavy atom. The third-order valence-corrected chi connectivity index (χ3v) is 3.73. The summed E-state index contributed by atoms with van der Waals surface area (Å²) in [4.78, 5) is 0. The van der Waals surface area contributed by atoms with Crippen molar-refractivity contribution in [3.05, 3.63) is 34.9 Å². The molecule has 2 unspecified atom stereocenters. The van der Waals surface area contributed by atoms with Crippen molar-refractivity contribution >= 4 is 10.8 Å².